The zero-order valence-corrected chi connectivity index (χ0v) is 26.0. The van der Waals surface area contributed by atoms with Crippen LogP contribution in [0.3, 0.4) is 0 Å². The van der Waals surface area contributed by atoms with Crippen molar-refractivity contribution in [1.29, 1.82) is 0 Å². The smallest absolute Gasteiger partial charge is 0.220 e. The maximum atomic E-state index is 11.0. The Balaban J connectivity index is 0.000000675. The lowest BCUT2D eigenvalue weighted by Gasteiger charge is -2.23. The van der Waals surface area contributed by atoms with Gasteiger partial charge in [0.1, 0.15) is 11.4 Å². The fraction of sp³-hybridized carbons (Fsp3) is 0.424. The van der Waals surface area contributed by atoms with Crippen molar-refractivity contribution in [2.24, 2.45) is 5.73 Å². The molecule has 2 aromatic heterocycles. The molecule has 2 heterocycles. The van der Waals surface area contributed by atoms with E-state index in [2.05, 4.69) is 45.7 Å². The molecule has 0 saturated heterocycles. The van der Waals surface area contributed by atoms with Crippen LogP contribution in [-0.2, 0) is 11.3 Å². The molecule has 1 amide bonds. The van der Waals surface area contributed by atoms with Gasteiger partial charge >= 0.3 is 0 Å². The van der Waals surface area contributed by atoms with Crippen LogP contribution in [0.15, 0.2) is 60.7 Å². The first-order valence-electron chi connectivity index (χ1n) is 14.6. The molecule has 0 aliphatic carbocycles. The van der Waals surface area contributed by atoms with Crippen LogP contribution in [-0.4, -0.2) is 67.8 Å². The van der Waals surface area contributed by atoms with E-state index in [0.29, 0.717) is 25.3 Å². The van der Waals surface area contributed by atoms with Gasteiger partial charge in [-0.3, -0.25) is 9.78 Å². The van der Waals surface area contributed by atoms with Crippen LogP contribution in [0, 0.1) is 20.8 Å². The highest BCUT2D eigenvalue weighted by Crippen LogP contribution is 2.27. The van der Waals surface area contributed by atoms with Gasteiger partial charge in [-0.1, -0.05) is 49.4 Å². The second kappa shape index (κ2) is 17.8. The van der Waals surface area contributed by atoms with E-state index in [4.69, 9.17) is 10.7 Å². The second-order valence-corrected chi connectivity index (χ2v) is 10.3. The lowest BCUT2D eigenvalue weighted by Crippen LogP contribution is -2.36. The van der Waals surface area contributed by atoms with Crippen molar-refractivity contribution < 1.29 is 15.0 Å². The van der Waals surface area contributed by atoms with E-state index in [1.165, 1.54) is 0 Å². The van der Waals surface area contributed by atoms with Crippen LogP contribution in [0.25, 0.3) is 11.0 Å². The topological polar surface area (TPSA) is 130 Å². The molecule has 9 heteroatoms. The number of anilines is 1. The fourth-order valence-corrected chi connectivity index (χ4v) is 4.56. The number of carbonyl (C=O) groups is 1. The number of hydrogen-bond acceptors (Lipinski definition) is 7. The lowest BCUT2D eigenvalue weighted by atomic mass is 10.1. The summed E-state index contributed by atoms with van der Waals surface area (Å²) in [6.45, 7) is 15.1. The molecule has 0 fully saturated rings. The van der Waals surface area contributed by atoms with Gasteiger partial charge in [0.05, 0.1) is 30.1 Å². The maximum absolute atomic E-state index is 11.0. The van der Waals surface area contributed by atoms with Gasteiger partial charge in [-0.2, -0.15) is 0 Å². The van der Waals surface area contributed by atoms with Crippen molar-refractivity contribution in [2.75, 3.05) is 31.5 Å². The predicted molar refractivity (Wildman–Crippen MR) is 173 cm³/mol. The summed E-state index contributed by atoms with van der Waals surface area (Å²) in [5.74, 6) is 0.392. The first-order valence-corrected chi connectivity index (χ1v) is 14.6. The van der Waals surface area contributed by atoms with Crippen LogP contribution in [0.4, 0.5) is 5.95 Å². The standard InChI is InChI=1S/C25H36N6O3.C8H12/c1-5-30(14-19(32)13-23(26)34)10-6-9-27-25-29-24-17(3)11-16(2)12-21(24)31(25)15-20-22(33)8-7-18(4)28-20;1-3-5-7-8-6-4-2/h7-8,11-12,19,32-33H,5-6,9-10,13-15H2,1-4H3,(H2,26,34)(H,27,29);3-8H,1-2H3/b;5-3-,6-4+,8-7-. The van der Waals surface area contributed by atoms with Gasteiger partial charge in [-0.15, -0.1) is 0 Å². The summed E-state index contributed by atoms with van der Waals surface area (Å²) in [5.41, 5.74) is 10.8. The number of amides is 1. The molecule has 0 aliphatic rings. The van der Waals surface area contributed by atoms with Crippen molar-refractivity contribution in [3.05, 3.63) is 83.2 Å². The second-order valence-electron chi connectivity index (χ2n) is 10.3. The average Bonchev–Trinajstić information content (AvgIpc) is 3.27. The molecule has 0 radical (unpaired) electrons. The van der Waals surface area contributed by atoms with Gasteiger partial charge in [-0.05, 0) is 83.5 Å². The van der Waals surface area contributed by atoms with Crippen LogP contribution in [0.5, 0.6) is 5.75 Å². The number of aryl methyl sites for hydroxylation is 3. The molecule has 3 rings (SSSR count). The Kier molecular flexibility index (Phi) is 14.5. The zero-order chi connectivity index (χ0) is 31.1. The van der Waals surface area contributed by atoms with Crippen molar-refractivity contribution in [1.82, 2.24) is 19.4 Å². The predicted octanol–water partition coefficient (Wildman–Crippen LogP) is 5.17. The summed E-state index contributed by atoms with van der Waals surface area (Å²) in [4.78, 5) is 22.5. The van der Waals surface area contributed by atoms with Crippen LogP contribution in [0.1, 0.15) is 56.1 Å². The molecule has 1 aromatic carbocycles. The number of hydrogen-bond donors (Lipinski definition) is 4. The molecular formula is C33H48N6O3. The molecule has 228 valence electrons. The number of aliphatic hydroxyl groups excluding tert-OH is 1. The monoisotopic (exact) mass is 576 g/mol. The molecule has 3 aromatic rings. The normalized spacial score (nSPS) is 12.5. The first-order chi connectivity index (χ1) is 20.1. The number of rotatable bonds is 14. The Labute approximate surface area is 250 Å². The SMILES string of the molecule is CCN(CCCNc1nc2c(C)cc(C)cc2n1Cc1nc(C)ccc1O)CC(O)CC(N)=O.C\C=C/C=C\C=C\C. The van der Waals surface area contributed by atoms with Crippen LogP contribution in [0.2, 0.25) is 0 Å². The number of aromatic nitrogens is 3. The minimum atomic E-state index is -0.754. The third-order valence-corrected chi connectivity index (χ3v) is 6.59. The largest absolute Gasteiger partial charge is 0.506 e. The summed E-state index contributed by atoms with van der Waals surface area (Å²) in [7, 11) is 0. The van der Waals surface area contributed by atoms with Gasteiger partial charge in [0.25, 0.3) is 0 Å². The van der Waals surface area contributed by atoms with Crippen molar-refractivity contribution in [2.45, 2.75) is 67.0 Å². The number of fused-ring (bicyclic) bond motifs is 1. The molecule has 42 heavy (non-hydrogen) atoms. The Bertz CT molecular complexity index is 1360. The van der Waals surface area contributed by atoms with Crippen molar-refractivity contribution in [3.63, 3.8) is 0 Å². The lowest BCUT2D eigenvalue weighted by molar-refractivity contribution is -0.120. The summed E-state index contributed by atoms with van der Waals surface area (Å²) >= 11 is 0. The Hall–Kier alpha value is -3.95. The summed E-state index contributed by atoms with van der Waals surface area (Å²) in [6, 6.07) is 7.68. The molecule has 0 aliphatic heterocycles. The van der Waals surface area contributed by atoms with E-state index in [1.54, 1.807) is 12.1 Å². The number of nitrogens with two attached hydrogens (primary N) is 1. The van der Waals surface area contributed by atoms with Crippen LogP contribution < -0.4 is 11.1 Å². The zero-order valence-electron chi connectivity index (χ0n) is 26.0. The number of benzene rings is 1. The number of nitrogens with one attached hydrogen (secondary N) is 1. The third-order valence-electron chi connectivity index (χ3n) is 6.59. The molecule has 0 saturated carbocycles. The van der Waals surface area contributed by atoms with E-state index in [1.807, 2.05) is 64.2 Å². The molecule has 5 N–H and O–H groups in total. The molecule has 0 bridgehead atoms. The molecular weight excluding hydrogens is 528 g/mol. The minimum Gasteiger partial charge on any atom is -0.506 e. The van der Waals surface area contributed by atoms with Gasteiger partial charge < -0.3 is 30.7 Å². The number of aliphatic hydroxyl groups is 1. The summed E-state index contributed by atoms with van der Waals surface area (Å²) in [6.07, 6.45) is 12.0. The number of imidazole rings is 1. The Morgan fingerprint density at radius 3 is 2.40 bits per heavy atom. The number of allylic oxidation sites excluding steroid dienone is 6. The summed E-state index contributed by atoms with van der Waals surface area (Å²) in [5, 5.41) is 23.8. The highest BCUT2D eigenvalue weighted by Gasteiger charge is 2.16. The molecule has 1 unspecified atom stereocenters. The quantitative estimate of drug-likeness (QED) is 0.154. The number of aromatic hydroxyl groups is 1. The van der Waals surface area contributed by atoms with E-state index in [0.717, 1.165) is 53.3 Å². The molecule has 9 nitrogen and oxygen atoms in total. The number of pyridine rings is 1. The third kappa shape index (κ3) is 11.1. The summed E-state index contributed by atoms with van der Waals surface area (Å²) < 4.78 is 2.06. The van der Waals surface area contributed by atoms with E-state index >= 15 is 0 Å². The molecule has 1 atom stereocenters. The number of nitrogens with zero attached hydrogens (tertiary/aromatic N) is 4. The first kappa shape index (κ1) is 34.3. The van der Waals surface area contributed by atoms with Gasteiger partial charge in [0.2, 0.25) is 11.9 Å². The number of likely N-dealkylation sites (N-methyl/N-ethyl adjacent to an activating group) is 1. The number of primary amides is 1. The average molecular weight is 577 g/mol. The van der Waals surface area contributed by atoms with E-state index in [9.17, 15) is 15.0 Å². The Morgan fingerprint density at radius 2 is 1.79 bits per heavy atom. The van der Waals surface area contributed by atoms with Crippen molar-refractivity contribution >= 4 is 22.9 Å². The minimum absolute atomic E-state index is 0.0304. The van der Waals surface area contributed by atoms with E-state index < -0.39 is 12.0 Å². The maximum Gasteiger partial charge on any atom is 0.220 e. The Morgan fingerprint density at radius 1 is 1.10 bits per heavy atom. The number of carbonyl (C=O) groups excluding carboxylic acids is 1. The highest BCUT2D eigenvalue weighted by molar-refractivity contribution is 5.83. The fourth-order valence-electron chi connectivity index (χ4n) is 4.56. The van der Waals surface area contributed by atoms with Crippen LogP contribution >= 0.6 is 0 Å². The van der Waals surface area contributed by atoms with Gasteiger partial charge in [0.15, 0.2) is 0 Å². The van der Waals surface area contributed by atoms with E-state index in [-0.39, 0.29) is 12.2 Å². The molecule has 0 spiro atoms. The van der Waals surface area contributed by atoms with Gasteiger partial charge in [-0.25, -0.2) is 4.98 Å². The van der Waals surface area contributed by atoms with Crippen molar-refractivity contribution in [3.8, 4) is 5.75 Å². The highest BCUT2D eigenvalue weighted by atomic mass is 16.3. The van der Waals surface area contributed by atoms with Gasteiger partial charge in [0, 0.05) is 18.8 Å².